The van der Waals surface area contributed by atoms with Crippen molar-refractivity contribution in [3.05, 3.63) is 0 Å². The molecule has 3 fully saturated rings. The van der Waals surface area contributed by atoms with Gasteiger partial charge in [0.25, 0.3) is 0 Å². The van der Waals surface area contributed by atoms with Crippen LogP contribution < -0.4 is 0 Å². The molecule has 1 aliphatic carbocycles. The van der Waals surface area contributed by atoms with Crippen LogP contribution in [0, 0.1) is 11.8 Å². The monoisotopic (exact) mass is 179 g/mol. The lowest BCUT2D eigenvalue weighted by Crippen LogP contribution is -2.41. The van der Waals surface area contributed by atoms with E-state index < -0.39 is 0 Å². The first-order valence-electron chi connectivity index (χ1n) is 6.17. The lowest BCUT2D eigenvalue weighted by Gasteiger charge is -2.35. The van der Waals surface area contributed by atoms with E-state index in [-0.39, 0.29) is 0 Å². The van der Waals surface area contributed by atoms with Crippen LogP contribution in [0.1, 0.15) is 44.9 Å². The average molecular weight is 179 g/mol. The summed E-state index contributed by atoms with van der Waals surface area (Å²) in [6.07, 6.45) is 10.6. The van der Waals surface area contributed by atoms with Gasteiger partial charge in [-0.25, -0.2) is 0 Å². The molecule has 0 aromatic rings. The summed E-state index contributed by atoms with van der Waals surface area (Å²) in [7, 11) is 0. The largest absolute Gasteiger partial charge is 0.300 e. The van der Waals surface area contributed by atoms with Gasteiger partial charge in [0.15, 0.2) is 0 Å². The Morgan fingerprint density at radius 3 is 2.85 bits per heavy atom. The van der Waals surface area contributed by atoms with Crippen molar-refractivity contribution in [3.8, 4) is 0 Å². The molecule has 3 rings (SSSR count). The first kappa shape index (κ1) is 8.28. The Morgan fingerprint density at radius 1 is 0.846 bits per heavy atom. The van der Waals surface area contributed by atoms with Gasteiger partial charge in [-0.05, 0) is 56.9 Å². The SMILES string of the molecule is C1CC2CCC3CCCN(C3)C2C1. The van der Waals surface area contributed by atoms with Crippen LogP contribution in [-0.2, 0) is 0 Å². The molecule has 0 radical (unpaired) electrons. The molecule has 2 saturated heterocycles. The summed E-state index contributed by atoms with van der Waals surface area (Å²) in [6.45, 7) is 2.86. The van der Waals surface area contributed by atoms with Gasteiger partial charge in [0.2, 0.25) is 0 Å². The third kappa shape index (κ3) is 1.41. The van der Waals surface area contributed by atoms with Crippen LogP contribution in [0.25, 0.3) is 0 Å². The number of hydrogen-bond donors (Lipinski definition) is 0. The van der Waals surface area contributed by atoms with Crippen molar-refractivity contribution < 1.29 is 0 Å². The molecular weight excluding hydrogens is 158 g/mol. The highest BCUT2D eigenvalue weighted by atomic mass is 15.2. The average Bonchev–Trinajstić information content (AvgIpc) is 2.59. The van der Waals surface area contributed by atoms with Crippen LogP contribution >= 0.6 is 0 Å². The molecule has 2 aliphatic heterocycles. The smallest absolute Gasteiger partial charge is 0.0124 e. The fourth-order valence-corrected chi connectivity index (χ4v) is 3.92. The molecule has 74 valence electrons. The van der Waals surface area contributed by atoms with Crippen molar-refractivity contribution in [1.29, 1.82) is 0 Å². The predicted octanol–water partition coefficient (Wildman–Crippen LogP) is 2.66. The Bertz CT molecular complexity index is 190. The van der Waals surface area contributed by atoms with Gasteiger partial charge < -0.3 is 0 Å². The van der Waals surface area contributed by atoms with E-state index in [1.807, 2.05) is 0 Å². The van der Waals surface area contributed by atoms with Crippen LogP contribution in [0.4, 0.5) is 0 Å². The van der Waals surface area contributed by atoms with Gasteiger partial charge in [0, 0.05) is 12.6 Å². The minimum Gasteiger partial charge on any atom is -0.300 e. The van der Waals surface area contributed by atoms with Gasteiger partial charge in [-0.15, -0.1) is 0 Å². The van der Waals surface area contributed by atoms with Crippen molar-refractivity contribution in [2.24, 2.45) is 11.8 Å². The zero-order valence-electron chi connectivity index (χ0n) is 8.54. The van der Waals surface area contributed by atoms with Gasteiger partial charge >= 0.3 is 0 Å². The van der Waals surface area contributed by atoms with E-state index in [0.29, 0.717) is 0 Å². The Labute approximate surface area is 81.5 Å². The van der Waals surface area contributed by atoms with E-state index in [2.05, 4.69) is 4.90 Å². The summed E-state index contributed by atoms with van der Waals surface area (Å²) in [5.41, 5.74) is 0. The molecule has 0 N–H and O–H groups in total. The van der Waals surface area contributed by atoms with E-state index in [1.165, 1.54) is 51.6 Å². The Kier molecular flexibility index (Phi) is 2.08. The fourth-order valence-electron chi connectivity index (χ4n) is 3.92. The molecule has 2 bridgehead atoms. The number of fused-ring (bicyclic) bond motifs is 4. The molecule has 4 atom stereocenters. The molecule has 4 unspecified atom stereocenters. The molecule has 0 aromatic carbocycles. The van der Waals surface area contributed by atoms with E-state index in [0.717, 1.165) is 17.9 Å². The third-order valence-corrected chi connectivity index (χ3v) is 4.58. The first-order chi connectivity index (χ1) is 6.43. The minimum atomic E-state index is 1.00. The second-order valence-corrected chi connectivity index (χ2v) is 5.34. The molecule has 1 saturated carbocycles. The van der Waals surface area contributed by atoms with Crippen LogP contribution in [0.5, 0.6) is 0 Å². The molecule has 2 heterocycles. The highest BCUT2D eigenvalue weighted by Gasteiger charge is 2.37. The normalized spacial score (nSPS) is 49.8. The summed E-state index contributed by atoms with van der Waals surface area (Å²) in [5.74, 6) is 2.16. The summed E-state index contributed by atoms with van der Waals surface area (Å²) in [4.78, 5) is 2.83. The lowest BCUT2D eigenvalue weighted by atomic mass is 9.93. The Hall–Kier alpha value is -0.0400. The summed E-state index contributed by atoms with van der Waals surface area (Å²) in [6, 6.07) is 1.00. The highest BCUT2D eigenvalue weighted by Crippen LogP contribution is 2.40. The zero-order chi connectivity index (χ0) is 8.67. The molecule has 1 heteroatoms. The standard InChI is InChI=1S/C12H21N/c1-4-11-7-6-10-3-2-8-13(9-10)12(11)5-1/h10-12H,1-9H2. The molecule has 1 nitrogen and oxygen atoms in total. The fraction of sp³-hybridized carbons (Fsp3) is 1.00. The maximum absolute atomic E-state index is 2.83. The second-order valence-electron chi connectivity index (χ2n) is 5.34. The molecule has 13 heavy (non-hydrogen) atoms. The van der Waals surface area contributed by atoms with E-state index in [1.54, 1.807) is 6.42 Å². The Morgan fingerprint density at radius 2 is 1.85 bits per heavy atom. The molecular formula is C12H21N. The van der Waals surface area contributed by atoms with E-state index >= 15 is 0 Å². The van der Waals surface area contributed by atoms with Gasteiger partial charge in [-0.1, -0.05) is 6.42 Å². The third-order valence-electron chi connectivity index (χ3n) is 4.58. The predicted molar refractivity (Wildman–Crippen MR) is 54.7 cm³/mol. The Balaban J connectivity index is 1.80. The molecule has 0 amide bonds. The van der Waals surface area contributed by atoms with E-state index in [9.17, 15) is 0 Å². The van der Waals surface area contributed by atoms with Gasteiger partial charge in [0.1, 0.15) is 0 Å². The van der Waals surface area contributed by atoms with Crippen LogP contribution in [-0.4, -0.2) is 24.0 Å². The molecule has 0 spiro atoms. The topological polar surface area (TPSA) is 3.24 Å². The summed E-state index contributed by atoms with van der Waals surface area (Å²) in [5, 5.41) is 0. The van der Waals surface area contributed by atoms with Crippen molar-refractivity contribution in [2.75, 3.05) is 13.1 Å². The number of nitrogens with zero attached hydrogens (tertiary/aromatic N) is 1. The van der Waals surface area contributed by atoms with Crippen LogP contribution in [0.2, 0.25) is 0 Å². The van der Waals surface area contributed by atoms with Crippen molar-refractivity contribution >= 4 is 0 Å². The number of piperidine rings is 1. The minimum absolute atomic E-state index is 1.00. The summed E-state index contributed by atoms with van der Waals surface area (Å²) >= 11 is 0. The van der Waals surface area contributed by atoms with Crippen molar-refractivity contribution in [2.45, 2.75) is 51.0 Å². The maximum atomic E-state index is 2.83. The van der Waals surface area contributed by atoms with Crippen molar-refractivity contribution in [1.82, 2.24) is 4.90 Å². The maximum Gasteiger partial charge on any atom is 0.0124 e. The summed E-state index contributed by atoms with van der Waals surface area (Å²) < 4.78 is 0. The first-order valence-corrected chi connectivity index (χ1v) is 6.17. The van der Waals surface area contributed by atoms with Gasteiger partial charge in [0.05, 0.1) is 0 Å². The lowest BCUT2D eigenvalue weighted by molar-refractivity contribution is 0.126. The molecule has 0 aromatic heterocycles. The quantitative estimate of drug-likeness (QED) is 0.552. The van der Waals surface area contributed by atoms with Crippen LogP contribution in [0.15, 0.2) is 0 Å². The van der Waals surface area contributed by atoms with Gasteiger partial charge in [-0.2, -0.15) is 0 Å². The molecule has 3 aliphatic rings. The van der Waals surface area contributed by atoms with Gasteiger partial charge in [-0.3, -0.25) is 4.90 Å². The van der Waals surface area contributed by atoms with Crippen molar-refractivity contribution in [3.63, 3.8) is 0 Å². The van der Waals surface area contributed by atoms with E-state index in [4.69, 9.17) is 0 Å². The highest BCUT2D eigenvalue weighted by molar-refractivity contribution is 4.91. The second kappa shape index (κ2) is 3.27. The van der Waals surface area contributed by atoms with Crippen LogP contribution in [0.3, 0.4) is 0 Å². The zero-order valence-corrected chi connectivity index (χ0v) is 8.54. The number of hydrogen-bond acceptors (Lipinski definition) is 1. The number of rotatable bonds is 0.